The molecule has 2 aliphatic heterocycles. The largest absolute Gasteiger partial charge is 1.00 e. The molecule has 0 radical (unpaired) electrons. The summed E-state index contributed by atoms with van der Waals surface area (Å²) in [5.74, 6) is 0.0623. The fourth-order valence-electron chi connectivity index (χ4n) is 5.61. The summed E-state index contributed by atoms with van der Waals surface area (Å²) >= 11 is 0. The maximum absolute atomic E-state index is 10.2. The average molecular weight is 406 g/mol. The quantitative estimate of drug-likeness (QED) is 0.519. The molecule has 0 fully saturated rings. The number of halogens is 1. The number of furan rings is 2. The summed E-state index contributed by atoms with van der Waals surface area (Å²) in [5, 5.41) is 10.2. The van der Waals surface area contributed by atoms with E-state index in [-0.39, 0.29) is 36.4 Å². The SMILES string of the molecule is OCc1cccc2c1C1c3cccc[n+]3C2CC1(c1ccoc1)c1ccoc1.[Cl-]. The molecular formula is C24H20ClNO3. The Morgan fingerprint density at radius 1 is 0.966 bits per heavy atom. The van der Waals surface area contributed by atoms with Crippen LogP contribution >= 0.6 is 0 Å². The lowest BCUT2D eigenvalue weighted by Gasteiger charge is -2.49. The highest BCUT2D eigenvalue weighted by Gasteiger charge is 2.60. The van der Waals surface area contributed by atoms with Gasteiger partial charge in [-0.25, -0.2) is 0 Å². The van der Waals surface area contributed by atoms with E-state index in [1.807, 2.05) is 18.6 Å². The Bertz CT molecular complexity index is 1120. The smallest absolute Gasteiger partial charge is 0.190 e. The van der Waals surface area contributed by atoms with Crippen molar-refractivity contribution in [2.24, 2.45) is 0 Å². The fraction of sp³-hybridized carbons (Fsp3) is 0.208. The zero-order valence-electron chi connectivity index (χ0n) is 15.7. The Hall–Kier alpha value is -2.82. The van der Waals surface area contributed by atoms with Crippen LogP contribution in [0.15, 0.2) is 88.6 Å². The van der Waals surface area contributed by atoms with Gasteiger partial charge in [0.05, 0.1) is 43.0 Å². The van der Waals surface area contributed by atoms with E-state index in [9.17, 15) is 5.11 Å². The van der Waals surface area contributed by atoms with Crippen molar-refractivity contribution in [3.05, 3.63) is 113 Å². The van der Waals surface area contributed by atoms with Gasteiger partial charge in [-0.2, -0.15) is 4.57 Å². The van der Waals surface area contributed by atoms with Crippen LogP contribution < -0.4 is 17.0 Å². The zero-order valence-corrected chi connectivity index (χ0v) is 16.4. The number of nitrogens with zero attached hydrogens (tertiary/aromatic N) is 1. The van der Waals surface area contributed by atoms with E-state index in [4.69, 9.17) is 8.83 Å². The highest BCUT2D eigenvalue weighted by molar-refractivity contribution is 5.56. The second kappa shape index (κ2) is 6.61. The van der Waals surface area contributed by atoms with Crippen molar-refractivity contribution in [2.45, 2.75) is 30.4 Å². The van der Waals surface area contributed by atoms with Gasteiger partial charge in [-0.15, -0.1) is 0 Å². The standard InChI is InChI=1S/C24H20NO3.ClH/c26-13-16-4-3-5-19-21-12-24(17-7-10-27-14-17,18-8-11-28-15-18)23(22(16)19)20-6-1-2-9-25(20)21;/h1-11,14-15,21,23,26H,12-13H2;1H/q+1;/p-1. The van der Waals surface area contributed by atoms with E-state index in [1.165, 1.54) is 16.8 Å². The number of aliphatic hydroxyl groups is 1. The van der Waals surface area contributed by atoms with E-state index in [1.54, 1.807) is 12.5 Å². The Labute approximate surface area is 174 Å². The summed E-state index contributed by atoms with van der Waals surface area (Å²) in [6, 6.07) is 17.1. The predicted octanol–water partition coefficient (Wildman–Crippen LogP) is 1.08. The van der Waals surface area contributed by atoms with Crippen LogP contribution in [0.2, 0.25) is 0 Å². The van der Waals surface area contributed by atoms with Gasteiger partial charge in [0.15, 0.2) is 17.9 Å². The van der Waals surface area contributed by atoms with Gasteiger partial charge in [-0.1, -0.05) is 24.3 Å². The third-order valence-electron chi connectivity index (χ3n) is 6.68. The average Bonchev–Trinajstić information content (AvgIpc) is 3.48. The first-order valence-electron chi connectivity index (χ1n) is 9.62. The molecule has 146 valence electrons. The Morgan fingerprint density at radius 3 is 2.38 bits per heavy atom. The van der Waals surface area contributed by atoms with Crippen LogP contribution in [0.25, 0.3) is 0 Å². The van der Waals surface area contributed by atoms with Crippen LogP contribution in [0.3, 0.4) is 0 Å². The molecule has 4 nitrogen and oxygen atoms in total. The van der Waals surface area contributed by atoms with Crippen LogP contribution in [-0.2, 0) is 12.0 Å². The van der Waals surface area contributed by atoms with Gasteiger partial charge < -0.3 is 26.3 Å². The number of fused-ring (bicyclic) bond motifs is 1. The molecule has 0 spiro atoms. The van der Waals surface area contributed by atoms with Crippen molar-refractivity contribution in [1.82, 2.24) is 0 Å². The van der Waals surface area contributed by atoms with Gasteiger partial charge >= 0.3 is 0 Å². The molecule has 1 N–H and O–H groups in total. The molecule has 3 aliphatic rings. The maximum atomic E-state index is 10.2. The van der Waals surface area contributed by atoms with E-state index < -0.39 is 0 Å². The normalized spacial score (nSPS) is 20.6. The minimum absolute atomic E-state index is 0. The molecule has 5 heterocycles. The number of hydrogen-bond acceptors (Lipinski definition) is 3. The molecule has 7 rings (SSSR count). The molecule has 1 aromatic carbocycles. The van der Waals surface area contributed by atoms with Gasteiger partial charge in [-0.05, 0) is 23.3 Å². The Kier molecular flexibility index (Phi) is 4.16. The van der Waals surface area contributed by atoms with E-state index in [0.717, 1.165) is 23.1 Å². The third-order valence-corrected chi connectivity index (χ3v) is 6.68. The van der Waals surface area contributed by atoms with Gasteiger partial charge in [0.2, 0.25) is 0 Å². The summed E-state index contributed by atoms with van der Waals surface area (Å²) in [5.41, 5.74) is 6.81. The van der Waals surface area contributed by atoms with Gasteiger partial charge in [0.1, 0.15) is 0 Å². The zero-order chi connectivity index (χ0) is 18.7. The van der Waals surface area contributed by atoms with Crippen LogP contribution in [0.4, 0.5) is 0 Å². The van der Waals surface area contributed by atoms with Crippen molar-refractivity contribution in [3.8, 4) is 0 Å². The molecule has 29 heavy (non-hydrogen) atoms. The van der Waals surface area contributed by atoms with E-state index in [2.05, 4.69) is 53.2 Å². The molecule has 3 aromatic heterocycles. The maximum Gasteiger partial charge on any atom is 0.190 e. The summed E-state index contributed by atoms with van der Waals surface area (Å²) in [6.45, 7) is 0.0338. The number of aliphatic hydroxyl groups excluding tert-OH is 1. The molecule has 0 amide bonds. The first kappa shape index (κ1) is 18.2. The first-order chi connectivity index (χ1) is 13.8. The van der Waals surface area contributed by atoms with Crippen LogP contribution in [-0.4, -0.2) is 5.11 Å². The molecule has 1 aliphatic carbocycles. The van der Waals surface area contributed by atoms with E-state index >= 15 is 0 Å². The molecule has 4 aromatic rings. The monoisotopic (exact) mass is 405 g/mol. The summed E-state index contributed by atoms with van der Waals surface area (Å²) in [6.07, 6.45) is 10.3. The fourth-order valence-corrected chi connectivity index (χ4v) is 5.61. The lowest BCUT2D eigenvalue weighted by Crippen LogP contribution is -3.00. The topological polar surface area (TPSA) is 50.4 Å². The molecule has 5 heteroatoms. The lowest BCUT2D eigenvalue weighted by molar-refractivity contribution is -0.732. The van der Waals surface area contributed by atoms with Crippen LogP contribution in [0.1, 0.15) is 51.9 Å². The van der Waals surface area contributed by atoms with Gasteiger partial charge in [0, 0.05) is 35.2 Å². The Morgan fingerprint density at radius 2 is 1.72 bits per heavy atom. The van der Waals surface area contributed by atoms with Crippen molar-refractivity contribution in [1.29, 1.82) is 0 Å². The second-order valence-electron chi connectivity index (χ2n) is 7.76. The van der Waals surface area contributed by atoms with Crippen molar-refractivity contribution in [3.63, 3.8) is 0 Å². The third kappa shape index (κ3) is 2.27. The summed E-state index contributed by atoms with van der Waals surface area (Å²) in [7, 11) is 0. The second-order valence-corrected chi connectivity index (χ2v) is 7.76. The highest BCUT2D eigenvalue weighted by atomic mass is 35.5. The number of pyridine rings is 1. The Balaban J connectivity index is 0.00000181. The number of aromatic nitrogens is 1. The highest BCUT2D eigenvalue weighted by Crippen LogP contribution is 2.60. The van der Waals surface area contributed by atoms with Crippen molar-refractivity contribution >= 4 is 0 Å². The van der Waals surface area contributed by atoms with Gasteiger partial charge in [-0.3, -0.25) is 0 Å². The van der Waals surface area contributed by atoms with Crippen LogP contribution in [0.5, 0.6) is 0 Å². The van der Waals surface area contributed by atoms with Crippen molar-refractivity contribution in [2.75, 3.05) is 0 Å². The number of benzene rings is 1. The minimum Gasteiger partial charge on any atom is -1.00 e. The summed E-state index contributed by atoms with van der Waals surface area (Å²) < 4.78 is 13.5. The molecule has 2 unspecified atom stereocenters. The van der Waals surface area contributed by atoms with E-state index in [0.29, 0.717) is 0 Å². The molecule has 0 saturated carbocycles. The first-order valence-corrected chi connectivity index (χ1v) is 9.62. The predicted molar refractivity (Wildman–Crippen MR) is 102 cm³/mol. The molecule has 2 atom stereocenters. The van der Waals surface area contributed by atoms with Crippen molar-refractivity contribution < 1.29 is 30.9 Å². The molecular weight excluding hydrogens is 386 g/mol. The lowest BCUT2D eigenvalue weighted by atomic mass is 9.53. The number of rotatable bonds is 3. The number of hydrogen-bond donors (Lipinski definition) is 1. The summed E-state index contributed by atoms with van der Waals surface area (Å²) in [4.78, 5) is 0. The van der Waals surface area contributed by atoms with Gasteiger partial charge in [0.25, 0.3) is 0 Å². The minimum atomic E-state index is -0.301. The molecule has 2 bridgehead atoms. The van der Waals surface area contributed by atoms with Crippen LogP contribution in [0, 0.1) is 0 Å². The molecule has 0 saturated heterocycles.